The summed E-state index contributed by atoms with van der Waals surface area (Å²) >= 11 is 0. The van der Waals surface area contributed by atoms with Gasteiger partial charge in [-0.3, -0.25) is 4.98 Å². The van der Waals surface area contributed by atoms with E-state index in [1.165, 1.54) is 27.4 Å². The third-order valence-corrected chi connectivity index (χ3v) is 9.87. The Bertz CT molecular complexity index is 2800. The predicted molar refractivity (Wildman–Crippen MR) is 211 cm³/mol. The van der Waals surface area contributed by atoms with Gasteiger partial charge in [-0.15, -0.1) is 0 Å². The number of rotatable bonds is 6. The molecule has 0 radical (unpaired) electrons. The highest BCUT2D eigenvalue weighted by Crippen LogP contribution is 2.40. The summed E-state index contributed by atoms with van der Waals surface area (Å²) in [5, 5.41) is 3.55. The summed E-state index contributed by atoms with van der Waals surface area (Å²) in [5.41, 5.74) is 13.8. The van der Waals surface area contributed by atoms with Crippen molar-refractivity contribution < 1.29 is 4.42 Å². The fourth-order valence-corrected chi connectivity index (χ4v) is 7.53. The van der Waals surface area contributed by atoms with E-state index >= 15 is 0 Å². The van der Waals surface area contributed by atoms with Crippen molar-refractivity contribution in [3.8, 4) is 27.9 Å². The van der Waals surface area contributed by atoms with E-state index in [-0.39, 0.29) is 0 Å². The monoisotopic (exact) mass is 653 g/mol. The topological polar surface area (TPSA) is 34.2 Å². The molecule has 10 rings (SSSR count). The molecule has 0 unspecified atom stereocenters. The summed E-state index contributed by atoms with van der Waals surface area (Å²) in [4.78, 5) is 6.95. The van der Waals surface area contributed by atoms with E-state index in [1.807, 2.05) is 30.5 Å². The second kappa shape index (κ2) is 11.9. The third kappa shape index (κ3) is 4.80. The second-order valence-corrected chi connectivity index (χ2v) is 12.8. The number of benzene rings is 7. The van der Waals surface area contributed by atoms with Crippen LogP contribution in [-0.2, 0) is 0 Å². The van der Waals surface area contributed by atoms with E-state index in [4.69, 9.17) is 4.42 Å². The van der Waals surface area contributed by atoms with Gasteiger partial charge in [-0.2, -0.15) is 0 Å². The Morgan fingerprint density at radius 1 is 0.431 bits per heavy atom. The van der Waals surface area contributed by atoms with E-state index < -0.39 is 0 Å². The van der Waals surface area contributed by atoms with Crippen molar-refractivity contribution in [2.75, 3.05) is 4.90 Å². The van der Waals surface area contributed by atoms with E-state index in [2.05, 4.69) is 172 Å². The number of anilines is 3. The maximum absolute atomic E-state index is 6.30. The average Bonchev–Trinajstić information content (AvgIpc) is 3.75. The lowest BCUT2D eigenvalue weighted by atomic mass is 10.0. The Labute approximate surface area is 295 Å². The molecule has 0 aliphatic heterocycles. The van der Waals surface area contributed by atoms with Crippen molar-refractivity contribution in [1.82, 2.24) is 9.55 Å². The van der Waals surface area contributed by atoms with E-state index in [9.17, 15) is 0 Å². The zero-order valence-electron chi connectivity index (χ0n) is 27.6. The summed E-state index contributed by atoms with van der Waals surface area (Å²) in [5.74, 6) is 0. The number of pyridine rings is 1. The molecule has 3 aromatic heterocycles. The molecule has 0 amide bonds. The van der Waals surface area contributed by atoms with Crippen LogP contribution >= 0.6 is 0 Å². The highest BCUT2D eigenvalue weighted by atomic mass is 16.3. The van der Waals surface area contributed by atoms with Gasteiger partial charge in [0.15, 0.2) is 5.58 Å². The molecule has 3 heterocycles. The van der Waals surface area contributed by atoms with Crippen LogP contribution in [0.15, 0.2) is 193 Å². The zero-order valence-corrected chi connectivity index (χ0v) is 27.6. The molecular formula is C47H31N3O. The number of fused-ring (bicyclic) bond motifs is 6. The normalized spacial score (nSPS) is 11.5. The van der Waals surface area contributed by atoms with Crippen LogP contribution in [0.5, 0.6) is 0 Å². The molecule has 0 spiro atoms. The quantitative estimate of drug-likeness (QED) is 0.179. The van der Waals surface area contributed by atoms with Crippen LogP contribution < -0.4 is 4.90 Å². The zero-order chi connectivity index (χ0) is 33.7. The third-order valence-electron chi connectivity index (χ3n) is 9.87. The van der Waals surface area contributed by atoms with Gasteiger partial charge in [0.25, 0.3) is 0 Å². The van der Waals surface area contributed by atoms with Gasteiger partial charge in [-0.1, -0.05) is 109 Å². The van der Waals surface area contributed by atoms with Crippen molar-refractivity contribution >= 4 is 60.9 Å². The highest BCUT2D eigenvalue weighted by Gasteiger charge is 2.18. The lowest BCUT2D eigenvalue weighted by Crippen LogP contribution is -2.09. The Morgan fingerprint density at radius 3 is 1.65 bits per heavy atom. The smallest absolute Gasteiger partial charge is 0.161 e. The van der Waals surface area contributed by atoms with Crippen LogP contribution in [0.2, 0.25) is 0 Å². The molecule has 7 aromatic carbocycles. The number of hydrogen-bond acceptors (Lipinski definition) is 3. The van der Waals surface area contributed by atoms with Gasteiger partial charge in [0.05, 0.1) is 16.7 Å². The fraction of sp³-hybridized carbons (Fsp3) is 0. The predicted octanol–water partition coefficient (Wildman–Crippen LogP) is 12.9. The van der Waals surface area contributed by atoms with Crippen LogP contribution in [-0.4, -0.2) is 9.55 Å². The number of para-hydroxylation sites is 5. The number of aromatic nitrogens is 2. The lowest BCUT2D eigenvalue weighted by molar-refractivity contribution is 0.669. The highest BCUT2D eigenvalue weighted by molar-refractivity contribution is 6.10. The van der Waals surface area contributed by atoms with Gasteiger partial charge in [-0.05, 0) is 83.9 Å². The average molecular weight is 654 g/mol. The van der Waals surface area contributed by atoms with Gasteiger partial charge in [0, 0.05) is 50.5 Å². The lowest BCUT2D eigenvalue weighted by Gasteiger charge is -2.26. The first-order valence-electron chi connectivity index (χ1n) is 17.2. The van der Waals surface area contributed by atoms with Gasteiger partial charge >= 0.3 is 0 Å². The molecule has 0 fully saturated rings. The molecule has 0 saturated carbocycles. The first-order chi connectivity index (χ1) is 25.3. The largest absolute Gasteiger partial charge is 0.454 e. The minimum absolute atomic E-state index is 0.808. The molecule has 0 atom stereocenters. The van der Waals surface area contributed by atoms with E-state index in [0.717, 1.165) is 61.5 Å². The summed E-state index contributed by atoms with van der Waals surface area (Å²) in [6.07, 6.45) is 1.87. The molecule has 0 bridgehead atoms. The molecule has 0 aliphatic rings. The minimum atomic E-state index is 0.808. The maximum Gasteiger partial charge on any atom is 0.161 e. The maximum atomic E-state index is 6.30. The second-order valence-electron chi connectivity index (χ2n) is 12.8. The first-order valence-corrected chi connectivity index (χ1v) is 17.2. The molecule has 51 heavy (non-hydrogen) atoms. The van der Waals surface area contributed by atoms with Gasteiger partial charge in [0.1, 0.15) is 11.1 Å². The number of nitrogens with zero attached hydrogens (tertiary/aromatic N) is 3. The van der Waals surface area contributed by atoms with Crippen LogP contribution in [0.3, 0.4) is 0 Å². The SMILES string of the molecule is c1ccc(N(c2ccc(-c3ccccc3-n3c4ccccc4c4ccccc43)cc2)c2ccc(-c3ccnc4c3oc3ccccc34)cc2)cc1. The molecule has 240 valence electrons. The summed E-state index contributed by atoms with van der Waals surface area (Å²) < 4.78 is 8.70. The Kier molecular flexibility index (Phi) is 6.78. The van der Waals surface area contributed by atoms with Crippen LogP contribution in [0.4, 0.5) is 17.1 Å². The molecule has 4 nitrogen and oxygen atoms in total. The Balaban J connectivity index is 1.05. The van der Waals surface area contributed by atoms with Gasteiger partial charge < -0.3 is 13.9 Å². The van der Waals surface area contributed by atoms with Crippen molar-refractivity contribution in [3.05, 3.63) is 188 Å². The molecule has 4 heteroatoms. The Morgan fingerprint density at radius 2 is 0.961 bits per heavy atom. The van der Waals surface area contributed by atoms with Crippen molar-refractivity contribution in [1.29, 1.82) is 0 Å². The fourth-order valence-electron chi connectivity index (χ4n) is 7.53. The van der Waals surface area contributed by atoms with Gasteiger partial charge in [-0.25, -0.2) is 0 Å². The number of furan rings is 1. The molecule has 10 aromatic rings. The van der Waals surface area contributed by atoms with Crippen LogP contribution in [0.1, 0.15) is 0 Å². The molecule has 0 aliphatic carbocycles. The van der Waals surface area contributed by atoms with Crippen molar-refractivity contribution in [3.63, 3.8) is 0 Å². The standard InChI is InChI=1S/C47H31N3O/c1-2-12-34(13-3-1)49(36-28-24-33(25-29-36)38-30-31-48-46-41-17-7-11-21-45(41)51-47(38)46)35-26-22-32(23-27-35)37-14-4-8-18-42(37)50-43-19-9-5-15-39(43)40-16-6-10-20-44(40)50/h1-31H. The minimum Gasteiger partial charge on any atom is -0.454 e. The number of hydrogen-bond donors (Lipinski definition) is 0. The van der Waals surface area contributed by atoms with Crippen molar-refractivity contribution in [2.24, 2.45) is 0 Å². The van der Waals surface area contributed by atoms with Crippen LogP contribution in [0.25, 0.3) is 71.8 Å². The summed E-state index contributed by atoms with van der Waals surface area (Å²) in [6, 6.07) is 64.3. The van der Waals surface area contributed by atoms with Crippen molar-refractivity contribution in [2.45, 2.75) is 0 Å². The molecule has 0 saturated heterocycles. The van der Waals surface area contributed by atoms with Gasteiger partial charge in [0.2, 0.25) is 0 Å². The van der Waals surface area contributed by atoms with E-state index in [0.29, 0.717) is 0 Å². The Hall–Kier alpha value is -6.91. The summed E-state index contributed by atoms with van der Waals surface area (Å²) in [6.45, 7) is 0. The first kappa shape index (κ1) is 29.0. The van der Waals surface area contributed by atoms with E-state index in [1.54, 1.807) is 0 Å². The summed E-state index contributed by atoms with van der Waals surface area (Å²) in [7, 11) is 0. The van der Waals surface area contributed by atoms with Crippen LogP contribution in [0, 0.1) is 0 Å². The molecular weight excluding hydrogens is 623 g/mol. The molecule has 0 N–H and O–H groups in total.